The van der Waals surface area contributed by atoms with Crippen molar-refractivity contribution in [3.8, 4) is 5.00 Å². The highest BCUT2D eigenvalue weighted by atomic mass is 32.1. The summed E-state index contributed by atoms with van der Waals surface area (Å²) in [5.74, 6) is 0. The number of hydrogen-bond donors (Lipinski definition) is 0. The Morgan fingerprint density at radius 1 is 1.29 bits per heavy atom. The van der Waals surface area contributed by atoms with Crippen molar-refractivity contribution in [2.24, 2.45) is 0 Å². The molecule has 0 radical (unpaired) electrons. The van der Waals surface area contributed by atoms with Crippen LogP contribution in [0, 0.1) is 0 Å². The van der Waals surface area contributed by atoms with Crippen LogP contribution in [0.4, 0.5) is 0 Å². The van der Waals surface area contributed by atoms with Crippen LogP contribution in [0.15, 0.2) is 36.4 Å². The summed E-state index contributed by atoms with van der Waals surface area (Å²) in [6.07, 6.45) is 5.02. The number of thiophene rings is 1. The molecule has 0 aliphatic carbocycles. The van der Waals surface area contributed by atoms with Gasteiger partial charge in [0.25, 0.3) is 0 Å². The molecule has 0 aromatic carbocycles. The average Bonchev–Trinajstić information content (AvgIpc) is 2.85. The van der Waals surface area contributed by atoms with Crippen molar-refractivity contribution in [3.05, 3.63) is 36.4 Å². The molecule has 0 atom stereocenters. The van der Waals surface area contributed by atoms with Crippen molar-refractivity contribution in [2.75, 3.05) is 0 Å². The standard InChI is InChI=1S/C9H6N4S/c1-2-8(14-3-1)13-6-12-7-4-10-5-11-9(7)13/h1-6H. The largest absolute Gasteiger partial charge is 0.274 e. The van der Waals surface area contributed by atoms with Gasteiger partial charge >= 0.3 is 0 Å². The SMILES string of the molecule is c1csc(-n2cnc3cncnc32)c1. The molecule has 0 spiro atoms. The molecule has 0 aliphatic rings. The van der Waals surface area contributed by atoms with Crippen molar-refractivity contribution in [2.45, 2.75) is 0 Å². The van der Waals surface area contributed by atoms with Crippen molar-refractivity contribution < 1.29 is 0 Å². The van der Waals surface area contributed by atoms with Gasteiger partial charge in [0.1, 0.15) is 23.2 Å². The Balaban J connectivity index is 2.33. The van der Waals surface area contributed by atoms with Gasteiger partial charge in [-0.05, 0) is 17.5 Å². The normalized spacial score (nSPS) is 10.9. The van der Waals surface area contributed by atoms with Gasteiger partial charge in [0, 0.05) is 0 Å². The maximum atomic E-state index is 4.22. The first kappa shape index (κ1) is 7.64. The summed E-state index contributed by atoms with van der Waals surface area (Å²) in [6, 6.07) is 4.04. The van der Waals surface area contributed by atoms with Crippen molar-refractivity contribution in [1.29, 1.82) is 0 Å². The van der Waals surface area contributed by atoms with E-state index < -0.39 is 0 Å². The molecule has 0 N–H and O–H groups in total. The molecular formula is C9H6N4S. The van der Waals surface area contributed by atoms with E-state index >= 15 is 0 Å². The predicted molar refractivity (Wildman–Crippen MR) is 54.5 cm³/mol. The number of hydrogen-bond acceptors (Lipinski definition) is 4. The highest BCUT2D eigenvalue weighted by molar-refractivity contribution is 7.12. The Kier molecular flexibility index (Phi) is 1.57. The molecule has 0 saturated carbocycles. The maximum absolute atomic E-state index is 4.22. The third-order valence-corrected chi connectivity index (χ3v) is 2.82. The molecular weight excluding hydrogens is 196 g/mol. The Hall–Kier alpha value is -1.75. The molecule has 3 heterocycles. The lowest BCUT2D eigenvalue weighted by Crippen LogP contribution is -1.90. The monoisotopic (exact) mass is 202 g/mol. The summed E-state index contributed by atoms with van der Waals surface area (Å²) in [6.45, 7) is 0. The molecule has 3 aromatic rings. The van der Waals surface area contributed by atoms with Gasteiger partial charge in [0.15, 0.2) is 5.65 Å². The molecule has 0 aliphatic heterocycles. The van der Waals surface area contributed by atoms with Crippen LogP contribution < -0.4 is 0 Å². The molecule has 3 aromatic heterocycles. The summed E-state index contributed by atoms with van der Waals surface area (Å²) < 4.78 is 1.96. The molecule has 3 rings (SSSR count). The lowest BCUT2D eigenvalue weighted by Gasteiger charge is -1.96. The van der Waals surface area contributed by atoms with E-state index in [1.807, 2.05) is 22.1 Å². The minimum absolute atomic E-state index is 0.820. The van der Waals surface area contributed by atoms with Gasteiger partial charge in [0.05, 0.1) is 6.20 Å². The Morgan fingerprint density at radius 3 is 3.14 bits per heavy atom. The number of fused-ring (bicyclic) bond motifs is 1. The molecule has 0 bridgehead atoms. The second-order valence-electron chi connectivity index (χ2n) is 2.80. The van der Waals surface area contributed by atoms with E-state index in [2.05, 4.69) is 15.0 Å². The second-order valence-corrected chi connectivity index (χ2v) is 3.72. The Morgan fingerprint density at radius 2 is 2.29 bits per heavy atom. The molecule has 5 heteroatoms. The maximum Gasteiger partial charge on any atom is 0.168 e. The summed E-state index contributed by atoms with van der Waals surface area (Å²) >= 11 is 1.66. The number of imidazole rings is 1. The quantitative estimate of drug-likeness (QED) is 0.605. The fraction of sp³-hybridized carbons (Fsp3) is 0. The van der Waals surface area contributed by atoms with Crippen LogP contribution in [0.3, 0.4) is 0 Å². The summed E-state index contributed by atoms with van der Waals surface area (Å²) in [4.78, 5) is 12.3. The van der Waals surface area contributed by atoms with Gasteiger partial charge in [-0.1, -0.05) is 0 Å². The molecule has 4 nitrogen and oxygen atoms in total. The van der Waals surface area contributed by atoms with Gasteiger partial charge in [-0.15, -0.1) is 11.3 Å². The summed E-state index contributed by atoms with van der Waals surface area (Å²) in [7, 11) is 0. The number of rotatable bonds is 1. The molecule has 0 amide bonds. The van der Waals surface area contributed by atoms with Crippen LogP contribution in [-0.4, -0.2) is 19.5 Å². The molecule has 68 valence electrons. The van der Waals surface area contributed by atoms with Crippen LogP contribution in [0.5, 0.6) is 0 Å². The Bertz CT molecular complexity index is 555. The fourth-order valence-corrected chi connectivity index (χ4v) is 2.04. The fourth-order valence-electron chi connectivity index (χ4n) is 1.34. The van der Waals surface area contributed by atoms with E-state index in [-0.39, 0.29) is 0 Å². The summed E-state index contributed by atoms with van der Waals surface area (Å²) in [5.41, 5.74) is 1.67. The van der Waals surface area contributed by atoms with E-state index in [1.54, 1.807) is 23.9 Å². The van der Waals surface area contributed by atoms with Gasteiger partial charge in [-0.25, -0.2) is 15.0 Å². The van der Waals surface area contributed by atoms with E-state index in [1.165, 1.54) is 6.33 Å². The Labute approximate surface area is 83.9 Å². The van der Waals surface area contributed by atoms with Gasteiger partial charge in [0.2, 0.25) is 0 Å². The van der Waals surface area contributed by atoms with Crippen LogP contribution in [0.1, 0.15) is 0 Å². The summed E-state index contributed by atoms with van der Waals surface area (Å²) in [5, 5.41) is 3.15. The molecule has 0 unspecified atom stereocenters. The van der Waals surface area contributed by atoms with Gasteiger partial charge in [-0.2, -0.15) is 0 Å². The van der Waals surface area contributed by atoms with Crippen LogP contribution >= 0.6 is 11.3 Å². The van der Waals surface area contributed by atoms with Crippen molar-refractivity contribution in [1.82, 2.24) is 19.5 Å². The highest BCUT2D eigenvalue weighted by Gasteiger charge is 2.05. The highest BCUT2D eigenvalue weighted by Crippen LogP contribution is 2.19. The van der Waals surface area contributed by atoms with Gasteiger partial charge < -0.3 is 0 Å². The smallest absolute Gasteiger partial charge is 0.168 e. The third-order valence-electron chi connectivity index (χ3n) is 1.96. The van der Waals surface area contributed by atoms with E-state index in [4.69, 9.17) is 0 Å². The lowest BCUT2D eigenvalue weighted by atomic mass is 10.5. The van der Waals surface area contributed by atoms with Crippen molar-refractivity contribution in [3.63, 3.8) is 0 Å². The van der Waals surface area contributed by atoms with Crippen molar-refractivity contribution >= 4 is 22.5 Å². The number of aromatic nitrogens is 4. The van der Waals surface area contributed by atoms with E-state index in [9.17, 15) is 0 Å². The molecule has 14 heavy (non-hydrogen) atoms. The zero-order chi connectivity index (χ0) is 9.38. The number of nitrogens with zero attached hydrogens (tertiary/aromatic N) is 4. The predicted octanol–water partition coefficient (Wildman–Crippen LogP) is 1.88. The topological polar surface area (TPSA) is 43.6 Å². The minimum Gasteiger partial charge on any atom is -0.274 e. The first-order valence-corrected chi connectivity index (χ1v) is 5.00. The average molecular weight is 202 g/mol. The van der Waals surface area contributed by atoms with Gasteiger partial charge in [-0.3, -0.25) is 4.57 Å². The van der Waals surface area contributed by atoms with Crippen LogP contribution in [0.2, 0.25) is 0 Å². The molecule has 0 fully saturated rings. The van der Waals surface area contributed by atoms with E-state index in [0.29, 0.717) is 0 Å². The third kappa shape index (κ3) is 1.03. The first-order chi connectivity index (χ1) is 6.95. The molecule has 0 saturated heterocycles. The second kappa shape index (κ2) is 2.88. The lowest BCUT2D eigenvalue weighted by molar-refractivity contribution is 1.08. The van der Waals surface area contributed by atoms with Crippen LogP contribution in [0.25, 0.3) is 16.2 Å². The first-order valence-electron chi connectivity index (χ1n) is 4.12. The van der Waals surface area contributed by atoms with E-state index in [0.717, 1.165) is 16.2 Å². The minimum atomic E-state index is 0.820. The zero-order valence-corrected chi connectivity index (χ0v) is 7.98. The zero-order valence-electron chi connectivity index (χ0n) is 7.16. The van der Waals surface area contributed by atoms with Crippen LogP contribution in [-0.2, 0) is 0 Å².